The van der Waals surface area contributed by atoms with Crippen molar-refractivity contribution in [3.8, 4) is 5.75 Å². The molecule has 0 bridgehead atoms. The molecule has 0 N–H and O–H groups in total. The number of carbonyl (C=O) groups excluding carboxylic acids is 1. The summed E-state index contributed by atoms with van der Waals surface area (Å²) in [6.45, 7) is 4.40. The van der Waals surface area contributed by atoms with Gasteiger partial charge in [-0.25, -0.2) is 0 Å². The number of benzene rings is 2. The first-order chi connectivity index (χ1) is 11.0. The molecule has 2 aromatic carbocycles. The first-order valence-electron chi connectivity index (χ1n) is 7.66. The van der Waals surface area contributed by atoms with E-state index in [4.69, 9.17) is 16.3 Å². The quantitative estimate of drug-likeness (QED) is 0.407. The van der Waals surface area contributed by atoms with Gasteiger partial charge in [-0.2, -0.15) is 0 Å². The van der Waals surface area contributed by atoms with Crippen LogP contribution in [0, 0.1) is 5.92 Å². The van der Waals surface area contributed by atoms with E-state index >= 15 is 0 Å². The van der Waals surface area contributed by atoms with Crippen molar-refractivity contribution in [2.75, 3.05) is 0 Å². The topological polar surface area (TPSA) is 26.3 Å². The molecule has 0 aliphatic heterocycles. The van der Waals surface area contributed by atoms with Crippen molar-refractivity contribution < 1.29 is 9.53 Å². The molecule has 0 saturated carbocycles. The molecule has 0 heterocycles. The van der Waals surface area contributed by atoms with Gasteiger partial charge >= 0.3 is 151 Å². The molecule has 1 unspecified atom stereocenters. The van der Waals surface area contributed by atoms with E-state index in [-0.39, 0.29) is 11.9 Å². The maximum atomic E-state index is 12.4. The number of ether oxygens (including phenoxy) is 1. The summed E-state index contributed by atoms with van der Waals surface area (Å²) in [4.78, 5) is 12.4. The van der Waals surface area contributed by atoms with Gasteiger partial charge in [-0.15, -0.1) is 0 Å². The summed E-state index contributed by atoms with van der Waals surface area (Å²) in [5.41, 5.74) is 2.27. The minimum absolute atomic E-state index is 0.246. The molecule has 0 fully saturated rings. The van der Waals surface area contributed by atoms with Crippen molar-refractivity contribution in [3.05, 3.63) is 64.7 Å². The minimum atomic E-state index is -0.279. The fourth-order valence-corrected chi connectivity index (χ4v) is 3.24. The Bertz CT molecular complexity index is 635. The molecule has 0 saturated heterocycles. The fraction of sp³-hybridized carbons (Fsp3) is 0.316. The fourth-order valence-electron chi connectivity index (χ4n) is 2.36. The second-order valence-electron chi connectivity index (χ2n) is 5.95. The molecule has 0 aliphatic rings. The molecular formula is C19H21ClO2Se. The molecule has 0 aromatic heterocycles. The third kappa shape index (κ3) is 5.38. The van der Waals surface area contributed by atoms with E-state index in [1.165, 1.54) is 5.56 Å². The average molecular weight is 396 g/mol. The van der Waals surface area contributed by atoms with E-state index < -0.39 is 0 Å². The van der Waals surface area contributed by atoms with E-state index in [0.717, 1.165) is 12.0 Å². The number of esters is 1. The first kappa shape index (κ1) is 18.1. The van der Waals surface area contributed by atoms with Gasteiger partial charge < -0.3 is 0 Å². The Hall–Kier alpha value is -1.28. The van der Waals surface area contributed by atoms with E-state index in [9.17, 15) is 4.79 Å². The van der Waals surface area contributed by atoms with Gasteiger partial charge in [-0.1, -0.05) is 0 Å². The Morgan fingerprint density at radius 1 is 1.09 bits per heavy atom. The summed E-state index contributed by atoms with van der Waals surface area (Å²) in [6, 6.07) is 15.1. The van der Waals surface area contributed by atoms with Crippen molar-refractivity contribution in [2.45, 2.75) is 31.5 Å². The van der Waals surface area contributed by atoms with Gasteiger partial charge in [0.25, 0.3) is 0 Å². The first-order valence-corrected chi connectivity index (χ1v) is 9.37. The molecule has 0 radical (unpaired) electrons. The predicted octanol–water partition coefficient (Wildman–Crippen LogP) is 4.55. The number of rotatable bonds is 6. The van der Waals surface area contributed by atoms with Crippen LogP contribution in [0.4, 0.5) is 0 Å². The predicted molar refractivity (Wildman–Crippen MR) is 96.8 cm³/mol. The molecule has 23 heavy (non-hydrogen) atoms. The zero-order chi connectivity index (χ0) is 16.8. The van der Waals surface area contributed by atoms with Gasteiger partial charge in [0.2, 0.25) is 0 Å². The van der Waals surface area contributed by atoms with E-state index in [0.29, 0.717) is 22.0 Å². The Kier molecular flexibility index (Phi) is 6.71. The molecular weight excluding hydrogens is 375 g/mol. The summed E-state index contributed by atoms with van der Waals surface area (Å²) in [7, 11) is 0. The van der Waals surface area contributed by atoms with Crippen molar-refractivity contribution in [2.24, 2.45) is 5.92 Å². The Labute approximate surface area is 151 Å². The zero-order valence-electron chi connectivity index (χ0n) is 13.3. The van der Waals surface area contributed by atoms with Crippen LogP contribution in [0.25, 0.3) is 0 Å². The molecule has 0 aliphatic carbocycles. The molecule has 0 spiro atoms. The summed E-state index contributed by atoms with van der Waals surface area (Å²) >= 11 is 8.31. The van der Waals surface area contributed by atoms with Crippen molar-refractivity contribution in [3.63, 3.8) is 0 Å². The standard InChI is InChI=1S/C19H21ClO2Se/c1-13(2)11-14-3-5-15(6-4-14)18(12-23)19(21)22-17-9-7-16(20)8-10-17/h3-10,13,18,23H,11-12H2,1-2H3. The summed E-state index contributed by atoms with van der Waals surface area (Å²) in [5.74, 6) is 0.611. The molecule has 0 amide bonds. The zero-order valence-corrected chi connectivity index (χ0v) is 16.0. The van der Waals surface area contributed by atoms with E-state index in [1.807, 2.05) is 12.1 Å². The van der Waals surface area contributed by atoms with Crippen molar-refractivity contribution in [1.82, 2.24) is 0 Å². The number of carbonyl (C=O) groups is 1. The van der Waals surface area contributed by atoms with Crippen LogP contribution in [0.2, 0.25) is 10.3 Å². The molecule has 2 aromatic rings. The van der Waals surface area contributed by atoms with Gasteiger partial charge in [0.15, 0.2) is 0 Å². The van der Waals surface area contributed by atoms with E-state index in [1.54, 1.807) is 24.3 Å². The molecule has 2 rings (SSSR count). The van der Waals surface area contributed by atoms with Crippen LogP contribution in [-0.2, 0) is 11.2 Å². The summed E-state index contributed by atoms with van der Waals surface area (Å²) in [6.07, 6.45) is 1.04. The van der Waals surface area contributed by atoms with Crippen LogP contribution in [0.1, 0.15) is 30.9 Å². The van der Waals surface area contributed by atoms with Gasteiger partial charge in [-0.05, 0) is 0 Å². The summed E-state index contributed by atoms with van der Waals surface area (Å²) < 4.78 is 5.46. The Balaban J connectivity index is 2.08. The Morgan fingerprint density at radius 3 is 2.22 bits per heavy atom. The van der Waals surface area contributed by atoms with Crippen LogP contribution >= 0.6 is 11.6 Å². The van der Waals surface area contributed by atoms with Gasteiger partial charge in [-0.3, -0.25) is 0 Å². The molecule has 4 heteroatoms. The van der Waals surface area contributed by atoms with E-state index in [2.05, 4.69) is 42.0 Å². The second-order valence-corrected chi connectivity index (χ2v) is 7.15. The Morgan fingerprint density at radius 2 is 1.70 bits per heavy atom. The maximum absolute atomic E-state index is 12.4. The average Bonchev–Trinajstić information content (AvgIpc) is 2.51. The SMILES string of the molecule is CC(C)Cc1ccc(C(C[SeH])C(=O)Oc2ccc(Cl)cc2)cc1. The normalized spacial score (nSPS) is 12.2. The molecule has 1 atom stereocenters. The van der Waals surface area contributed by atoms with Crippen molar-refractivity contribution in [1.29, 1.82) is 0 Å². The number of hydrogen-bond donors (Lipinski definition) is 0. The number of hydrogen-bond acceptors (Lipinski definition) is 2. The third-order valence-corrected chi connectivity index (χ3v) is 4.54. The molecule has 122 valence electrons. The monoisotopic (exact) mass is 396 g/mol. The van der Waals surface area contributed by atoms with Crippen LogP contribution in [0.5, 0.6) is 5.75 Å². The van der Waals surface area contributed by atoms with Crippen LogP contribution in [0.15, 0.2) is 48.5 Å². The van der Waals surface area contributed by atoms with Crippen LogP contribution in [-0.4, -0.2) is 22.0 Å². The second kappa shape index (κ2) is 8.54. The van der Waals surface area contributed by atoms with Gasteiger partial charge in [0, 0.05) is 0 Å². The summed E-state index contributed by atoms with van der Waals surface area (Å²) in [5, 5.41) is 1.26. The van der Waals surface area contributed by atoms with Crippen molar-refractivity contribution >= 4 is 33.6 Å². The van der Waals surface area contributed by atoms with Gasteiger partial charge in [0.1, 0.15) is 0 Å². The van der Waals surface area contributed by atoms with Gasteiger partial charge in [0.05, 0.1) is 0 Å². The number of halogens is 1. The molecule has 2 nitrogen and oxygen atoms in total. The third-order valence-electron chi connectivity index (χ3n) is 3.53. The van der Waals surface area contributed by atoms with Crippen LogP contribution < -0.4 is 4.74 Å². The van der Waals surface area contributed by atoms with Crippen LogP contribution in [0.3, 0.4) is 0 Å².